The van der Waals surface area contributed by atoms with Crippen LogP contribution < -0.4 is 14.8 Å². The number of phenolic OH excluding ortho intramolecular Hbond substituents is 1. The lowest BCUT2D eigenvalue weighted by Crippen LogP contribution is -2.23. The molecule has 0 saturated heterocycles. The molecule has 138 valence electrons. The molecule has 0 unspecified atom stereocenters. The Balaban J connectivity index is 1.60. The van der Waals surface area contributed by atoms with Crippen molar-refractivity contribution in [2.24, 2.45) is 0 Å². The first-order valence-corrected chi connectivity index (χ1v) is 8.09. The van der Waals surface area contributed by atoms with Crippen LogP contribution in [0.5, 0.6) is 23.1 Å². The highest BCUT2D eigenvalue weighted by molar-refractivity contribution is 5.97. The molecular formula is C20H17FN2O4. The summed E-state index contributed by atoms with van der Waals surface area (Å²) >= 11 is 0. The van der Waals surface area contributed by atoms with Gasteiger partial charge in [0.1, 0.15) is 23.1 Å². The van der Waals surface area contributed by atoms with E-state index in [9.17, 15) is 14.3 Å². The van der Waals surface area contributed by atoms with Crippen molar-refractivity contribution >= 4 is 5.91 Å². The van der Waals surface area contributed by atoms with Crippen molar-refractivity contribution < 1.29 is 23.8 Å². The first-order chi connectivity index (χ1) is 13.0. The number of pyridine rings is 1. The maximum absolute atomic E-state index is 12.9. The highest BCUT2D eigenvalue weighted by Crippen LogP contribution is 2.23. The number of aromatic nitrogens is 1. The molecule has 1 amide bonds. The smallest absolute Gasteiger partial charge is 0.255 e. The fourth-order valence-corrected chi connectivity index (χ4v) is 2.30. The summed E-state index contributed by atoms with van der Waals surface area (Å²) in [6.07, 6.45) is 1.56. The lowest BCUT2D eigenvalue weighted by atomic mass is 10.1. The second-order valence-corrected chi connectivity index (χ2v) is 5.63. The van der Waals surface area contributed by atoms with Crippen LogP contribution in [0.4, 0.5) is 4.39 Å². The minimum absolute atomic E-state index is 0.124. The Hall–Kier alpha value is -3.61. The molecule has 0 spiro atoms. The van der Waals surface area contributed by atoms with Crippen molar-refractivity contribution in [3.8, 4) is 23.1 Å². The number of amides is 1. The fraction of sp³-hybridized carbons (Fsp3) is 0.100. The third-order valence-electron chi connectivity index (χ3n) is 3.74. The van der Waals surface area contributed by atoms with Gasteiger partial charge in [-0.05, 0) is 48.0 Å². The van der Waals surface area contributed by atoms with E-state index in [1.54, 1.807) is 24.4 Å². The van der Waals surface area contributed by atoms with E-state index in [0.717, 1.165) is 5.56 Å². The minimum Gasteiger partial charge on any atom is -0.507 e. The summed E-state index contributed by atoms with van der Waals surface area (Å²) < 4.78 is 23.5. The molecule has 0 aliphatic heterocycles. The zero-order valence-electron chi connectivity index (χ0n) is 14.5. The van der Waals surface area contributed by atoms with Gasteiger partial charge in [0.15, 0.2) is 0 Å². The van der Waals surface area contributed by atoms with Crippen LogP contribution in [0.2, 0.25) is 0 Å². The second kappa shape index (κ2) is 8.18. The third-order valence-corrected chi connectivity index (χ3v) is 3.74. The highest BCUT2D eigenvalue weighted by Gasteiger charge is 2.12. The second-order valence-electron chi connectivity index (χ2n) is 5.63. The van der Waals surface area contributed by atoms with Crippen LogP contribution >= 0.6 is 0 Å². The van der Waals surface area contributed by atoms with Gasteiger partial charge in [-0.2, -0.15) is 0 Å². The number of phenols is 1. The summed E-state index contributed by atoms with van der Waals surface area (Å²) in [6.45, 7) is 0.222. The number of nitrogens with one attached hydrogen (secondary N) is 1. The molecule has 2 N–H and O–H groups in total. The quantitative estimate of drug-likeness (QED) is 0.694. The van der Waals surface area contributed by atoms with Gasteiger partial charge in [0.2, 0.25) is 5.88 Å². The van der Waals surface area contributed by atoms with Gasteiger partial charge < -0.3 is 19.9 Å². The molecular weight excluding hydrogens is 351 g/mol. The van der Waals surface area contributed by atoms with Gasteiger partial charge in [0.25, 0.3) is 5.91 Å². The number of nitrogens with zero attached hydrogens (tertiary/aromatic N) is 1. The van der Waals surface area contributed by atoms with Crippen molar-refractivity contribution in [3.05, 3.63) is 77.7 Å². The Bertz CT molecular complexity index is 928. The standard InChI is InChI=1S/C20H17FN2O4/c1-26-16-7-8-18(24)17(10-16)20(25)23-12-13-2-9-19(22-11-13)27-15-5-3-14(21)4-6-15/h2-11,24H,12H2,1H3,(H,23,25). The molecule has 6 nitrogen and oxygen atoms in total. The predicted octanol–water partition coefficient (Wildman–Crippen LogP) is 3.66. The molecule has 2 aromatic carbocycles. The summed E-state index contributed by atoms with van der Waals surface area (Å²) in [5.74, 6) is 0.387. The first-order valence-electron chi connectivity index (χ1n) is 8.09. The molecule has 1 aromatic heterocycles. The number of ether oxygens (including phenoxy) is 2. The Morgan fingerprint density at radius 1 is 1.11 bits per heavy atom. The Kier molecular flexibility index (Phi) is 5.51. The number of benzene rings is 2. The number of carbonyl (C=O) groups is 1. The topological polar surface area (TPSA) is 80.7 Å². The van der Waals surface area contributed by atoms with Gasteiger partial charge in [-0.15, -0.1) is 0 Å². The third kappa shape index (κ3) is 4.72. The van der Waals surface area contributed by atoms with Crippen molar-refractivity contribution in [2.45, 2.75) is 6.54 Å². The maximum atomic E-state index is 12.9. The van der Waals surface area contributed by atoms with E-state index in [0.29, 0.717) is 17.4 Å². The monoisotopic (exact) mass is 368 g/mol. The van der Waals surface area contributed by atoms with E-state index in [1.165, 1.54) is 43.5 Å². The molecule has 7 heteroatoms. The first kappa shape index (κ1) is 18.2. The number of methoxy groups -OCH3 is 1. The molecule has 1 heterocycles. The van der Waals surface area contributed by atoms with Gasteiger partial charge in [0, 0.05) is 18.8 Å². The number of aromatic hydroxyl groups is 1. The zero-order valence-corrected chi connectivity index (χ0v) is 14.5. The summed E-state index contributed by atoms with van der Waals surface area (Å²) in [6, 6.07) is 13.4. The van der Waals surface area contributed by atoms with Gasteiger partial charge in [-0.1, -0.05) is 6.07 Å². The lowest BCUT2D eigenvalue weighted by molar-refractivity contribution is 0.0948. The molecule has 0 atom stereocenters. The summed E-state index contributed by atoms with van der Waals surface area (Å²) in [7, 11) is 1.48. The Morgan fingerprint density at radius 3 is 2.52 bits per heavy atom. The molecule has 0 fully saturated rings. The summed E-state index contributed by atoms with van der Waals surface area (Å²) in [5.41, 5.74) is 0.871. The summed E-state index contributed by atoms with van der Waals surface area (Å²) in [4.78, 5) is 16.4. The van der Waals surface area contributed by atoms with E-state index in [1.807, 2.05) is 0 Å². The van der Waals surface area contributed by atoms with Crippen molar-refractivity contribution in [2.75, 3.05) is 7.11 Å². The number of rotatable bonds is 6. The molecule has 0 bridgehead atoms. The average Bonchev–Trinajstić information content (AvgIpc) is 2.69. The van der Waals surface area contributed by atoms with Gasteiger partial charge in [0.05, 0.1) is 12.7 Å². The number of hydrogen-bond acceptors (Lipinski definition) is 5. The zero-order chi connectivity index (χ0) is 19.2. The van der Waals surface area contributed by atoms with Crippen LogP contribution in [0.25, 0.3) is 0 Å². The van der Waals surface area contributed by atoms with Gasteiger partial charge in [-0.3, -0.25) is 4.79 Å². The molecule has 3 aromatic rings. The molecule has 0 saturated carbocycles. The molecule has 0 aliphatic carbocycles. The normalized spacial score (nSPS) is 10.3. The Labute approximate surface area is 155 Å². The van der Waals surface area contributed by atoms with Gasteiger partial charge in [-0.25, -0.2) is 9.37 Å². The van der Waals surface area contributed by atoms with Crippen LogP contribution in [0.15, 0.2) is 60.8 Å². The SMILES string of the molecule is COc1ccc(O)c(C(=O)NCc2ccc(Oc3ccc(F)cc3)nc2)c1. The van der Waals surface area contributed by atoms with Crippen LogP contribution in [-0.4, -0.2) is 23.1 Å². The maximum Gasteiger partial charge on any atom is 0.255 e. The van der Waals surface area contributed by atoms with Crippen LogP contribution in [0.1, 0.15) is 15.9 Å². The molecule has 27 heavy (non-hydrogen) atoms. The van der Waals surface area contributed by atoms with Crippen molar-refractivity contribution in [1.29, 1.82) is 0 Å². The van der Waals surface area contributed by atoms with Crippen LogP contribution in [0.3, 0.4) is 0 Å². The minimum atomic E-state index is -0.432. The average molecular weight is 368 g/mol. The largest absolute Gasteiger partial charge is 0.507 e. The molecule has 3 rings (SSSR count). The molecule has 0 aliphatic rings. The van der Waals surface area contributed by atoms with Crippen molar-refractivity contribution in [1.82, 2.24) is 10.3 Å². The van der Waals surface area contributed by atoms with Gasteiger partial charge >= 0.3 is 0 Å². The highest BCUT2D eigenvalue weighted by atomic mass is 19.1. The molecule has 0 radical (unpaired) electrons. The lowest BCUT2D eigenvalue weighted by Gasteiger charge is -2.09. The van der Waals surface area contributed by atoms with E-state index in [4.69, 9.17) is 9.47 Å². The van der Waals surface area contributed by atoms with E-state index in [2.05, 4.69) is 10.3 Å². The van der Waals surface area contributed by atoms with Crippen LogP contribution in [0, 0.1) is 5.82 Å². The number of hydrogen-bond donors (Lipinski definition) is 2. The predicted molar refractivity (Wildman–Crippen MR) is 96.5 cm³/mol. The number of halogens is 1. The van der Waals surface area contributed by atoms with E-state index in [-0.39, 0.29) is 23.7 Å². The fourth-order valence-electron chi connectivity index (χ4n) is 2.30. The van der Waals surface area contributed by atoms with E-state index < -0.39 is 5.91 Å². The van der Waals surface area contributed by atoms with E-state index >= 15 is 0 Å². The number of carbonyl (C=O) groups excluding carboxylic acids is 1. The Morgan fingerprint density at radius 2 is 1.85 bits per heavy atom. The van der Waals surface area contributed by atoms with Crippen molar-refractivity contribution in [3.63, 3.8) is 0 Å². The van der Waals surface area contributed by atoms with Crippen LogP contribution in [-0.2, 0) is 6.54 Å². The summed E-state index contributed by atoms with van der Waals surface area (Å²) in [5, 5.41) is 12.5.